The quantitative estimate of drug-likeness (QED) is 0.692. The van der Waals surface area contributed by atoms with Gasteiger partial charge in [0.05, 0.1) is 12.3 Å². The monoisotopic (exact) mass is 376 g/mol. The SMILES string of the molecule is CCOc1cc(C(=O)NC(C)Cc2c(C)noc2C)ccc1OCC(=O)O. The number of aliphatic carboxylic acids is 1. The van der Waals surface area contributed by atoms with E-state index in [9.17, 15) is 9.59 Å². The van der Waals surface area contributed by atoms with Crippen LogP contribution in [-0.4, -0.2) is 41.4 Å². The zero-order valence-corrected chi connectivity index (χ0v) is 15.9. The van der Waals surface area contributed by atoms with Gasteiger partial charge in [0.2, 0.25) is 0 Å². The van der Waals surface area contributed by atoms with E-state index in [1.54, 1.807) is 19.1 Å². The largest absolute Gasteiger partial charge is 0.490 e. The Balaban J connectivity index is 2.08. The van der Waals surface area contributed by atoms with Crippen molar-refractivity contribution in [2.45, 2.75) is 40.2 Å². The highest BCUT2D eigenvalue weighted by molar-refractivity contribution is 5.95. The molecule has 0 fully saturated rings. The molecule has 0 spiro atoms. The molecule has 2 rings (SSSR count). The number of hydrogen-bond donors (Lipinski definition) is 2. The summed E-state index contributed by atoms with van der Waals surface area (Å²) in [6.07, 6.45) is 0.602. The van der Waals surface area contributed by atoms with E-state index in [-0.39, 0.29) is 17.7 Å². The lowest BCUT2D eigenvalue weighted by Gasteiger charge is -2.15. The first-order valence-corrected chi connectivity index (χ1v) is 8.65. The summed E-state index contributed by atoms with van der Waals surface area (Å²) < 4.78 is 15.8. The van der Waals surface area contributed by atoms with Gasteiger partial charge in [-0.25, -0.2) is 4.79 Å². The van der Waals surface area contributed by atoms with E-state index in [4.69, 9.17) is 19.1 Å². The van der Waals surface area contributed by atoms with Gasteiger partial charge in [-0.2, -0.15) is 0 Å². The summed E-state index contributed by atoms with van der Waals surface area (Å²) in [5.41, 5.74) is 2.19. The fourth-order valence-electron chi connectivity index (χ4n) is 2.63. The molecular formula is C19H24N2O6. The predicted molar refractivity (Wildman–Crippen MR) is 97.4 cm³/mol. The molecular weight excluding hydrogens is 352 g/mol. The van der Waals surface area contributed by atoms with Gasteiger partial charge >= 0.3 is 5.97 Å². The van der Waals surface area contributed by atoms with Gasteiger partial charge in [0.25, 0.3) is 5.91 Å². The van der Waals surface area contributed by atoms with Crippen molar-refractivity contribution in [1.29, 1.82) is 0 Å². The van der Waals surface area contributed by atoms with Crippen LogP contribution < -0.4 is 14.8 Å². The number of carbonyl (C=O) groups is 2. The van der Waals surface area contributed by atoms with Crippen LogP contribution in [0.2, 0.25) is 0 Å². The Morgan fingerprint density at radius 1 is 1.26 bits per heavy atom. The number of hydrogen-bond acceptors (Lipinski definition) is 6. The standard InChI is InChI=1S/C19H24N2O6/c1-5-25-17-9-14(6-7-16(17)26-10-18(22)23)19(24)20-11(2)8-15-12(3)21-27-13(15)4/h6-7,9,11H,5,8,10H2,1-4H3,(H,20,24)(H,22,23). The molecule has 1 atom stereocenters. The Hall–Kier alpha value is -3.03. The molecule has 0 saturated heterocycles. The Labute approximate surface area is 157 Å². The zero-order valence-electron chi connectivity index (χ0n) is 15.9. The molecule has 0 aliphatic carbocycles. The summed E-state index contributed by atoms with van der Waals surface area (Å²) in [6.45, 7) is 7.27. The minimum Gasteiger partial charge on any atom is -0.490 e. The second-order valence-corrected chi connectivity index (χ2v) is 6.16. The lowest BCUT2D eigenvalue weighted by molar-refractivity contribution is -0.139. The number of carboxylic acid groups (broad SMARTS) is 1. The van der Waals surface area contributed by atoms with Crippen molar-refractivity contribution >= 4 is 11.9 Å². The van der Waals surface area contributed by atoms with Gasteiger partial charge in [0, 0.05) is 17.2 Å². The molecule has 1 heterocycles. The number of carboxylic acids is 1. The number of amides is 1. The van der Waals surface area contributed by atoms with Crippen molar-refractivity contribution in [3.05, 3.63) is 40.8 Å². The Bertz CT molecular complexity index is 795. The first kappa shape index (κ1) is 20.3. The summed E-state index contributed by atoms with van der Waals surface area (Å²) >= 11 is 0. The van der Waals surface area contributed by atoms with Crippen LogP contribution >= 0.6 is 0 Å². The molecule has 0 saturated carbocycles. The number of nitrogens with one attached hydrogen (secondary N) is 1. The second-order valence-electron chi connectivity index (χ2n) is 6.16. The molecule has 1 unspecified atom stereocenters. The summed E-state index contributed by atoms with van der Waals surface area (Å²) in [6, 6.07) is 4.51. The van der Waals surface area contributed by atoms with Crippen molar-refractivity contribution in [2.75, 3.05) is 13.2 Å². The molecule has 0 aliphatic heterocycles. The number of aryl methyl sites for hydroxylation is 2. The van der Waals surface area contributed by atoms with Gasteiger partial charge in [0.15, 0.2) is 18.1 Å². The van der Waals surface area contributed by atoms with E-state index in [0.717, 1.165) is 17.0 Å². The van der Waals surface area contributed by atoms with Gasteiger partial charge in [-0.1, -0.05) is 5.16 Å². The Morgan fingerprint density at radius 2 is 2.00 bits per heavy atom. The zero-order chi connectivity index (χ0) is 20.0. The first-order valence-electron chi connectivity index (χ1n) is 8.65. The highest BCUT2D eigenvalue weighted by Gasteiger charge is 2.17. The highest BCUT2D eigenvalue weighted by Crippen LogP contribution is 2.28. The van der Waals surface area contributed by atoms with Crippen molar-refractivity contribution < 1.29 is 28.7 Å². The van der Waals surface area contributed by atoms with Crippen molar-refractivity contribution in [3.63, 3.8) is 0 Å². The van der Waals surface area contributed by atoms with E-state index in [1.165, 1.54) is 6.07 Å². The molecule has 1 aromatic heterocycles. The van der Waals surface area contributed by atoms with Gasteiger partial charge in [0.1, 0.15) is 5.76 Å². The van der Waals surface area contributed by atoms with Crippen LogP contribution in [0.25, 0.3) is 0 Å². The van der Waals surface area contributed by atoms with Crippen LogP contribution in [0.1, 0.15) is 41.2 Å². The Morgan fingerprint density at radius 3 is 2.59 bits per heavy atom. The Kier molecular flexibility index (Phi) is 6.81. The van der Waals surface area contributed by atoms with Crippen LogP contribution in [0.5, 0.6) is 11.5 Å². The number of carbonyl (C=O) groups excluding carboxylic acids is 1. The number of aromatic nitrogens is 1. The molecule has 1 amide bonds. The van der Waals surface area contributed by atoms with Crippen molar-refractivity contribution in [2.24, 2.45) is 0 Å². The second kappa shape index (κ2) is 9.07. The first-order chi connectivity index (χ1) is 12.8. The van der Waals surface area contributed by atoms with Gasteiger partial charge < -0.3 is 24.4 Å². The predicted octanol–water partition coefficient (Wildman–Crippen LogP) is 2.51. The average molecular weight is 376 g/mol. The minimum atomic E-state index is -1.09. The van der Waals surface area contributed by atoms with E-state index in [2.05, 4.69) is 10.5 Å². The molecule has 27 heavy (non-hydrogen) atoms. The highest BCUT2D eigenvalue weighted by atomic mass is 16.5. The molecule has 1 aromatic carbocycles. The van der Waals surface area contributed by atoms with E-state index in [0.29, 0.717) is 24.3 Å². The third-order valence-corrected chi connectivity index (χ3v) is 3.93. The lowest BCUT2D eigenvalue weighted by Crippen LogP contribution is -2.34. The third kappa shape index (κ3) is 5.47. The molecule has 0 aliphatic rings. The fourth-order valence-corrected chi connectivity index (χ4v) is 2.63. The third-order valence-electron chi connectivity index (χ3n) is 3.93. The number of rotatable bonds is 9. The van der Waals surface area contributed by atoms with Gasteiger partial charge in [-0.3, -0.25) is 4.79 Å². The smallest absolute Gasteiger partial charge is 0.341 e. The van der Waals surface area contributed by atoms with Crippen LogP contribution in [0.3, 0.4) is 0 Å². The number of benzene rings is 1. The molecule has 8 nitrogen and oxygen atoms in total. The molecule has 0 radical (unpaired) electrons. The summed E-state index contributed by atoms with van der Waals surface area (Å²) in [5.74, 6) is -0.0103. The minimum absolute atomic E-state index is 0.132. The van der Waals surface area contributed by atoms with Crippen molar-refractivity contribution in [3.8, 4) is 11.5 Å². The fraction of sp³-hybridized carbons (Fsp3) is 0.421. The molecule has 146 valence electrons. The van der Waals surface area contributed by atoms with Crippen LogP contribution in [0.15, 0.2) is 22.7 Å². The maximum absolute atomic E-state index is 12.5. The maximum Gasteiger partial charge on any atom is 0.341 e. The number of ether oxygens (including phenoxy) is 2. The normalized spacial score (nSPS) is 11.7. The summed E-state index contributed by atoms with van der Waals surface area (Å²) in [7, 11) is 0. The topological polar surface area (TPSA) is 111 Å². The number of nitrogens with zero attached hydrogens (tertiary/aromatic N) is 1. The molecule has 8 heteroatoms. The average Bonchev–Trinajstić information content (AvgIpc) is 2.92. The van der Waals surface area contributed by atoms with Crippen molar-refractivity contribution in [1.82, 2.24) is 10.5 Å². The van der Waals surface area contributed by atoms with Gasteiger partial charge in [-0.15, -0.1) is 0 Å². The van der Waals surface area contributed by atoms with E-state index >= 15 is 0 Å². The van der Waals surface area contributed by atoms with E-state index < -0.39 is 12.6 Å². The molecule has 0 bridgehead atoms. The van der Waals surface area contributed by atoms with Crippen LogP contribution in [-0.2, 0) is 11.2 Å². The summed E-state index contributed by atoms with van der Waals surface area (Å²) in [5, 5.41) is 15.6. The van der Waals surface area contributed by atoms with Gasteiger partial charge in [-0.05, 0) is 52.3 Å². The molecule has 2 N–H and O–H groups in total. The van der Waals surface area contributed by atoms with Crippen LogP contribution in [0, 0.1) is 13.8 Å². The van der Waals surface area contributed by atoms with E-state index in [1.807, 2.05) is 20.8 Å². The maximum atomic E-state index is 12.5. The van der Waals surface area contributed by atoms with Crippen LogP contribution in [0.4, 0.5) is 0 Å². The summed E-state index contributed by atoms with van der Waals surface area (Å²) in [4.78, 5) is 23.2. The molecule has 2 aromatic rings. The lowest BCUT2D eigenvalue weighted by atomic mass is 10.1.